The number of carboxylic acids is 1. The number of hydrogen-bond donors (Lipinski definition) is 1. The Morgan fingerprint density at radius 1 is 1.54 bits per heavy atom. The molecule has 0 amide bonds. The van der Waals surface area contributed by atoms with Crippen molar-refractivity contribution in [1.82, 2.24) is 0 Å². The molecule has 1 aromatic rings. The molecule has 0 aliphatic heterocycles. The van der Waals surface area contributed by atoms with Gasteiger partial charge in [0.1, 0.15) is 4.88 Å². The van der Waals surface area contributed by atoms with Gasteiger partial charge in [0.05, 0.1) is 5.60 Å². The largest absolute Gasteiger partial charge is 0.477 e. The van der Waals surface area contributed by atoms with Crippen LogP contribution in [0, 0.1) is 0 Å². The fourth-order valence-electron chi connectivity index (χ4n) is 0.877. The molecule has 0 atom stereocenters. The monoisotopic (exact) mass is 200 g/mol. The zero-order valence-electron chi connectivity index (χ0n) is 7.83. The molecule has 0 fully saturated rings. The van der Waals surface area contributed by atoms with Crippen molar-refractivity contribution in [3.63, 3.8) is 0 Å². The topological polar surface area (TPSA) is 46.5 Å². The maximum absolute atomic E-state index is 10.6. The lowest BCUT2D eigenvalue weighted by Gasteiger charge is -2.20. The van der Waals surface area contributed by atoms with Gasteiger partial charge in [-0.3, -0.25) is 0 Å². The zero-order chi connectivity index (χ0) is 10.1. The molecular formula is C9H12O3S. The van der Waals surface area contributed by atoms with Crippen LogP contribution in [0.4, 0.5) is 0 Å². The lowest BCUT2D eigenvalue weighted by atomic mass is 10.1. The van der Waals surface area contributed by atoms with Gasteiger partial charge in [0, 0.05) is 12.0 Å². The highest BCUT2D eigenvalue weighted by molar-refractivity contribution is 7.14. The third-order valence-electron chi connectivity index (χ3n) is 1.92. The summed E-state index contributed by atoms with van der Waals surface area (Å²) in [6, 6.07) is 3.39. The number of ether oxygens (including phenoxy) is 1. The lowest BCUT2D eigenvalue weighted by Crippen LogP contribution is -2.17. The van der Waals surface area contributed by atoms with Gasteiger partial charge in [0.2, 0.25) is 0 Å². The summed E-state index contributed by atoms with van der Waals surface area (Å²) in [4.78, 5) is 11.9. The van der Waals surface area contributed by atoms with E-state index >= 15 is 0 Å². The second kappa shape index (κ2) is 3.47. The first kappa shape index (κ1) is 10.2. The first-order valence-electron chi connectivity index (χ1n) is 3.86. The fourth-order valence-corrected chi connectivity index (χ4v) is 1.80. The number of carbonyl (C=O) groups is 1. The van der Waals surface area contributed by atoms with Gasteiger partial charge in [0.15, 0.2) is 0 Å². The molecule has 72 valence electrons. The van der Waals surface area contributed by atoms with E-state index in [-0.39, 0.29) is 0 Å². The third-order valence-corrected chi connectivity index (χ3v) is 3.30. The summed E-state index contributed by atoms with van der Waals surface area (Å²) in [5, 5.41) is 8.71. The van der Waals surface area contributed by atoms with Crippen LogP contribution in [0.25, 0.3) is 0 Å². The van der Waals surface area contributed by atoms with Crippen LogP contribution in [0.15, 0.2) is 12.1 Å². The van der Waals surface area contributed by atoms with Gasteiger partial charge in [-0.25, -0.2) is 4.79 Å². The van der Waals surface area contributed by atoms with E-state index in [1.54, 1.807) is 19.2 Å². The van der Waals surface area contributed by atoms with Gasteiger partial charge in [-0.2, -0.15) is 0 Å². The quantitative estimate of drug-likeness (QED) is 0.814. The predicted molar refractivity (Wildman–Crippen MR) is 51.3 cm³/mol. The van der Waals surface area contributed by atoms with Crippen LogP contribution in [-0.2, 0) is 10.3 Å². The third kappa shape index (κ3) is 2.08. The molecule has 1 aromatic heterocycles. The molecule has 0 aliphatic rings. The van der Waals surface area contributed by atoms with Gasteiger partial charge in [-0.1, -0.05) is 0 Å². The predicted octanol–water partition coefficient (Wildman–Crippen LogP) is 2.33. The summed E-state index contributed by atoms with van der Waals surface area (Å²) in [7, 11) is 1.61. The molecule has 0 aromatic carbocycles. The molecule has 3 nitrogen and oxygen atoms in total. The van der Waals surface area contributed by atoms with Crippen molar-refractivity contribution in [2.24, 2.45) is 0 Å². The molecule has 0 spiro atoms. The molecule has 0 bridgehead atoms. The fraction of sp³-hybridized carbons (Fsp3) is 0.444. The average molecular weight is 200 g/mol. The molecule has 0 radical (unpaired) electrons. The summed E-state index contributed by atoms with van der Waals surface area (Å²) in [6.07, 6.45) is 0. The maximum Gasteiger partial charge on any atom is 0.345 e. The molecule has 0 saturated carbocycles. The molecule has 13 heavy (non-hydrogen) atoms. The average Bonchev–Trinajstić information content (AvgIpc) is 2.52. The molecule has 1 rings (SSSR count). The van der Waals surface area contributed by atoms with E-state index < -0.39 is 11.6 Å². The maximum atomic E-state index is 10.6. The molecule has 1 N–H and O–H groups in total. The summed E-state index contributed by atoms with van der Waals surface area (Å²) in [5.41, 5.74) is -0.404. The number of thiophene rings is 1. The molecule has 1 heterocycles. The number of carboxylic acid groups (broad SMARTS) is 1. The highest BCUT2D eigenvalue weighted by Gasteiger charge is 2.22. The first-order valence-corrected chi connectivity index (χ1v) is 4.68. The van der Waals surface area contributed by atoms with E-state index in [2.05, 4.69) is 0 Å². The van der Waals surface area contributed by atoms with Crippen molar-refractivity contribution < 1.29 is 14.6 Å². The van der Waals surface area contributed by atoms with Crippen molar-refractivity contribution in [3.05, 3.63) is 21.9 Å². The summed E-state index contributed by atoms with van der Waals surface area (Å²) < 4.78 is 5.23. The number of hydrogen-bond acceptors (Lipinski definition) is 3. The van der Waals surface area contributed by atoms with E-state index in [0.29, 0.717) is 4.88 Å². The Kier molecular flexibility index (Phi) is 2.73. The van der Waals surface area contributed by atoms with Gasteiger partial charge in [-0.15, -0.1) is 11.3 Å². The second-order valence-electron chi connectivity index (χ2n) is 3.18. The Morgan fingerprint density at radius 2 is 2.15 bits per heavy atom. The standard InChI is InChI=1S/C9H12O3S/c1-9(2,12-3)7-5-4-6(13-7)8(10)11/h4-5H,1-3H3,(H,10,11). The van der Waals surface area contributed by atoms with Gasteiger partial charge >= 0.3 is 5.97 Å². The normalized spacial score (nSPS) is 11.6. The molecule has 0 unspecified atom stereocenters. The van der Waals surface area contributed by atoms with E-state index in [4.69, 9.17) is 9.84 Å². The van der Waals surface area contributed by atoms with Gasteiger partial charge in [-0.05, 0) is 26.0 Å². The van der Waals surface area contributed by atoms with Crippen molar-refractivity contribution in [2.45, 2.75) is 19.4 Å². The van der Waals surface area contributed by atoms with Crippen molar-refractivity contribution in [2.75, 3.05) is 7.11 Å². The summed E-state index contributed by atoms with van der Waals surface area (Å²) in [6.45, 7) is 3.81. The van der Waals surface area contributed by atoms with Gasteiger partial charge < -0.3 is 9.84 Å². The highest BCUT2D eigenvalue weighted by atomic mass is 32.1. The minimum absolute atomic E-state index is 0.347. The van der Waals surface area contributed by atoms with Crippen molar-refractivity contribution >= 4 is 17.3 Å². The Bertz CT molecular complexity index is 314. The van der Waals surface area contributed by atoms with Crippen LogP contribution < -0.4 is 0 Å². The SMILES string of the molecule is COC(C)(C)c1ccc(C(=O)O)s1. The smallest absolute Gasteiger partial charge is 0.345 e. The minimum atomic E-state index is -0.886. The van der Waals surface area contributed by atoms with Crippen LogP contribution in [0.1, 0.15) is 28.4 Å². The second-order valence-corrected chi connectivity index (χ2v) is 4.27. The van der Waals surface area contributed by atoms with Crippen LogP contribution in [0.2, 0.25) is 0 Å². The summed E-state index contributed by atoms with van der Waals surface area (Å²) in [5.74, 6) is -0.886. The van der Waals surface area contributed by atoms with Crippen LogP contribution in [0.5, 0.6) is 0 Å². The van der Waals surface area contributed by atoms with E-state index in [1.807, 2.05) is 13.8 Å². The molecule has 0 aliphatic carbocycles. The van der Waals surface area contributed by atoms with Gasteiger partial charge in [0.25, 0.3) is 0 Å². The number of methoxy groups -OCH3 is 1. The van der Waals surface area contributed by atoms with Crippen LogP contribution >= 0.6 is 11.3 Å². The Labute approximate surface area is 81.0 Å². The molecule has 4 heteroatoms. The lowest BCUT2D eigenvalue weighted by molar-refractivity contribution is 0.0224. The minimum Gasteiger partial charge on any atom is -0.477 e. The van der Waals surface area contributed by atoms with Crippen molar-refractivity contribution in [1.29, 1.82) is 0 Å². The summed E-state index contributed by atoms with van der Waals surface area (Å²) >= 11 is 1.25. The Hall–Kier alpha value is -0.870. The molecular weight excluding hydrogens is 188 g/mol. The zero-order valence-corrected chi connectivity index (χ0v) is 8.64. The van der Waals surface area contributed by atoms with E-state index in [9.17, 15) is 4.79 Å². The highest BCUT2D eigenvalue weighted by Crippen LogP contribution is 2.30. The number of aromatic carboxylic acids is 1. The van der Waals surface area contributed by atoms with E-state index in [0.717, 1.165) is 4.88 Å². The van der Waals surface area contributed by atoms with Crippen LogP contribution in [0.3, 0.4) is 0 Å². The number of rotatable bonds is 3. The Morgan fingerprint density at radius 3 is 2.54 bits per heavy atom. The Balaban J connectivity index is 2.98. The molecule has 0 saturated heterocycles. The van der Waals surface area contributed by atoms with Crippen molar-refractivity contribution in [3.8, 4) is 0 Å². The first-order chi connectivity index (χ1) is 5.97. The van der Waals surface area contributed by atoms with Crippen LogP contribution in [-0.4, -0.2) is 18.2 Å². The van der Waals surface area contributed by atoms with E-state index in [1.165, 1.54) is 11.3 Å².